The topological polar surface area (TPSA) is 46.2 Å². The zero-order valence-electron chi connectivity index (χ0n) is 10.8. The first kappa shape index (κ1) is 15.1. The van der Waals surface area contributed by atoms with Crippen molar-refractivity contribution in [2.45, 2.75) is 38.0 Å². The van der Waals surface area contributed by atoms with Crippen LogP contribution in [0.25, 0.3) is 0 Å². The third-order valence-electron chi connectivity index (χ3n) is 3.43. The summed E-state index contributed by atoms with van der Waals surface area (Å²) in [5.41, 5.74) is 5.44. The molecule has 0 aromatic heterocycles. The molecule has 0 aliphatic carbocycles. The molecule has 0 fully saturated rings. The summed E-state index contributed by atoms with van der Waals surface area (Å²) in [6.45, 7) is 2.05. The van der Waals surface area contributed by atoms with Crippen molar-refractivity contribution in [1.29, 1.82) is 0 Å². The Labute approximate surface area is 107 Å². The van der Waals surface area contributed by atoms with Gasteiger partial charge in [0, 0.05) is 18.0 Å². The van der Waals surface area contributed by atoms with Gasteiger partial charge >= 0.3 is 0 Å². The van der Waals surface area contributed by atoms with E-state index in [0.29, 0.717) is 12.0 Å². The number of hydrogen-bond donors (Lipinski definition) is 2. The summed E-state index contributed by atoms with van der Waals surface area (Å²) >= 11 is 0. The van der Waals surface area contributed by atoms with Crippen LogP contribution in [0.5, 0.6) is 0 Å². The molecule has 3 N–H and O–H groups in total. The number of aliphatic hydroxyl groups excluding tert-OH is 1. The molecule has 1 unspecified atom stereocenters. The number of unbranched alkanes of at least 4 members (excludes halogenated alkanes) is 2. The van der Waals surface area contributed by atoms with E-state index >= 15 is 0 Å². The molecule has 0 saturated heterocycles. The van der Waals surface area contributed by atoms with Gasteiger partial charge in [-0.05, 0) is 24.1 Å². The van der Waals surface area contributed by atoms with Gasteiger partial charge in [0.2, 0.25) is 0 Å². The third-order valence-corrected chi connectivity index (χ3v) is 3.43. The maximum Gasteiger partial charge on any atom is 0.126 e. The number of aliphatic hydroxyl groups is 1. The summed E-state index contributed by atoms with van der Waals surface area (Å²) in [6, 6.07) is 3.35. The second-order valence-corrected chi connectivity index (χ2v) is 4.76. The van der Waals surface area contributed by atoms with Crippen LogP contribution in [0.3, 0.4) is 0 Å². The Morgan fingerprint density at radius 1 is 1.17 bits per heavy atom. The summed E-state index contributed by atoms with van der Waals surface area (Å²) in [5, 5.41) is 9.59. The summed E-state index contributed by atoms with van der Waals surface area (Å²) in [6.07, 6.45) is 3.58. The number of nitrogens with two attached hydrogens (primary N) is 1. The highest BCUT2D eigenvalue weighted by Gasteiger charge is 2.30. The van der Waals surface area contributed by atoms with E-state index in [0.717, 1.165) is 25.3 Å². The zero-order chi connectivity index (χ0) is 13.6. The minimum absolute atomic E-state index is 0.177. The van der Waals surface area contributed by atoms with Crippen molar-refractivity contribution in [3.05, 3.63) is 35.4 Å². The van der Waals surface area contributed by atoms with Crippen molar-refractivity contribution in [2.24, 2.45) is 5.73 Å². The van der Waals surface area contributed by atoms with Gasteiger partial charge in [-0.25, -0.2) is 8.78 Å². The van der Waals surface area contributed by atoms with Crippen molar-refractivity contribution in [3.8, 4) is 0 Å². The fraction of sp³-hybridized carbons (Fsp3) is 0.571. The molecule has 18 heavy (non-hydrogen) atoms. The monoisotopic (exact) mass is 257 g/mol. The Bertz CT molecular complexity index is 358. The maximum atomic E-state index is 13.3. The van der Waals surface area contributed by atoms with Gasteiger partial charge in [-0.15, -0.1) is 0 Å². The van der Waals surface area contributed by atoms with Crippen LogP contribution in [0.15, 0.2) is 18.2 Å². The second kappa shape index (κ2) is 6.81. The van der Waals surface area contributed by atoms with Crippen LogP contribution >= 0.6 is 0 Å². The van der Waals surface area contributed by atoms with E-state index in [4.69, 9.17) is 5.73 Å². The maximum absolute atomic E-state index is 13.3. The summed E-state index contributed by atoms with van der Waals surface area (Å²) in [4.78, 5) is 0. The lowest BCUT2D eigenvalue weighted by Gasteiger charge is -2.31. The van der Waals surface area contributed by atoms with Gasteiger partial charge in [-0.1, -0.05) is 26.2 Å². The van der Waals surface area contributed by atoms with Crippen molar-refractivity contribution in [1.82, 2.24) is 0 Å². The SMILES string of the molecule is CCCCCC(CN)(CO)c1cc(F)cc(F)c1. The summed E-state index contributed by atoms with van der Waals surface area (Å²) in [5.74, 6) is -1.27. The molecule has 0 amide bonds. The number of halogens is 2. The Kier molecular flexibility index (Phi) is 5.69. The number of hydrogen-bond acceptors (Lipinski definition) is 2. The number of rotatable bonds is 7. The van der Waals surface area contributed by atoms with Crippen LogP contribution < -0.4 is 5.73 Å². The first-order valence-corrected chi connectivity index (χ1v) is 6.35. The van der Waals surface area contributed by atoms with Crippen LogP contribution in [0, 0.1) is 11.6 Å². The third kappa shape index (κ3) is 3.50. The smallest absolute Gasteiger partial charge is 0.126 e. The Hall–Kier alpha value is -1.00. The molecular formula is C14H21F2NO. The Morgan fingerprint density at radius 2 is 1.78 bits per heavy atom. The molecule has 4 heteroatoms. The standard InChI is InChI=1S/C14H21F2NO/c1-2-3-4-5-14(9-17,10-18)11-6-12(15)8-13(16)7-11/h6-8,18H,2-5,9-10,17H2,1H3. The molecule has 1 rings (SSSR count). The second-order valence-electron chi connectivity index (χ2n) is 4.76. The molecule has 0 bridgehead atoms. The molecule has 0 spiro atoms. The van der Waals surface area contributed by atoms with Gasteiger partial charge in [-0.3, -0.25) is 0 Å². The van der Waals surface area contributed by atoms with Crippen LogP contribution in [-0.4, -0.2) is 18.3 Å². The first-order valence-electron chi connectivity index (χ1n) is 6.35. The molecule has 1 atom stereocenters. The largest absolute Gasteiger partial charge is 0.395 e. The molecule has 102 valence electrons. The van der Waals surface area contributed by atoms with Crippen molar-refractivity contribution in [2.75, 3.05) is 13.2 Å². The molecule has 0 radical (unpaired) electrons. The van der Waals surface area contributed by atoms with Crippen LogP contribution in [-0.2, 0) is 5.41 Å². The lowest BCUT2D eigenvalue weighted by molar-refractivity contribution is 0.184. The normalized spacial score (nSPS) is 14.5. The van der Waals surface area contributed by atoms with Crippen LogP contribution in [0.2, 0.25) is 0 Å². The summed E-state index contributed by atoms with van der Waals surface area (Å²) in [7, 11) is 0. The molecule has 0 aliphatic rings. The minimum Gasteiger partial charge on any atom is -0.395 e. The highest BCUT2D eigenvalue weighted by molar-refractivity contribution is 5.27. The highest BCUT2D eigenvalue weighted by Crippen LogP contribution is 2.30. The molecule has 0 aliphatic heterocycles. The van der Waals surface area contributed by atoms with Gasteiger partial charge in [0.1, 0.15) is 11.6 Å². The van der Waals surface area contributed by atoms with Crippen molar-refractivity contribution in [3.63, 3.8) is 0 Å². The van der Waals surface area contributed by atoms with Crippen molar-refractivity contribution < 1.29 is 13.9 Å². The van der Waals surface area contributed by atoms with E-state index in [1.807, 2.05) is 0 Å². The van der Waals surface area contributed by atoms with E-state index in [9.17, 15) is 13.9 Å². The van der Waals surface area contributed by atoms with Crippen LogP contribution in [0.4, 0.5) is 8.78 Å². The van der Waals surface area contributed by atoms with E-state index in [-0.39, 0.29) is 13.2 Å². The number of benzene rings is 1. The molecule has 2 nitrogen and oxygen atoms in total. The van der Waals surface area contributed by atoms with Gasteiger partial charge in [-0.2, -0.15) is 0 Å². The van der Waals surface area contributed by atoms with Crippen LogP contribution in [0.1, 0.15) is 38.2 Å². The minimum atomic E-state index is -0.738. The molecule has 0 heterocycles. The van der Waals surface area contributed by atoms with E-state index in [1.165, 1.54) is 12.1 Å². The first-order chi connectivity index (χ1) is 8.57. The van der Waals surface area contributed by atoms with Gasteiger partial charge in [0.15, 0.2) is 0 Å². The fourth-order valence-electron chi connectivity index (χ4n) is 2.17. The van der Waals surface area contributed by atoms with E-state index < -0.39 is 17.0 Å². The van der Waals surface area contributed by atoms with Gasteiger partial charge < -0.3 is 10.8 Å². The molecular weight excluding hydrogens is 236 g/mol. The highest BCUT2D eigenvalue weighted by atomic mass is 19.1. The van der Waals surface area contributed by atoms with Crippen molar-refractivity contribution >= 4 is 0 Å². The predicted molar refractivity (Wildman–Crippen MR) is 68.3 cm³/mol. The summed E-state index contributed by atoms with van der Waals surface area (Å²) < 4.78 is 26.5. The lowest BCUT2D eigenvalue weighted by Crippen LogP contribution is -2.39. The predicted octanol–water partition coefficient (Wildman–Crippen LogP) is 2.73. The zero-order valence-corrected chi connectivity index (χ0v) is 10.8. The Balaban J connectivity index is 3.01. The van der Waals surface area contributed by atoms with Gasteiger partial charge in [0.05, 0.1) is 6.61 Å². The quantitative estimate of drug-likeness (QED) is 0.738. The van der Waals surface area contributed by atoms with Gasteiger partial charge in [0.25, 0.3) is 0 Å². The van der Waals surface area contributed by atoms with E-state index in [2.05, 4.69) is 6.92 Å². The lowest BCUT2D eigenvalue weighted by atomic mass is 9.77. The average Bonchev–Trinajstić information content (AvgIpc) is 2.34. The Morgan fingerprint density at radius 3 is 2.22 bits per heavy atom. The average molecular weight is 257 g/mol. The molecule has 1 aromatic rings. The molecule has 1 aromatic carbocycles. The fourth-order valence-corrected chi connectivity index (χ4v) is 2.17. The molecule has 0 saturated carbocycles. The van der Waals surface area contributed by atoms with E-state index in [1.54, 1.807) is 0 Å².